The van der Waals surface area contributed by atoms with Gasteiger partial charge in [-0.3, -0.25) is 0 Å². The van der Waals surface area contributed by atoms with E-state index >= 15 is 0 Å². The van der Waals surface area contributed by atoms with Gasteiger partial charge in [-0.15, -0.1) is 0 Å². The molecule has 0 saturated heterocycles. The molecule has 0 amide bonds. The van der Waals surface area contributed by atoms with Crippen molar-refractivity contribution < 1.29 is 4.21 Å². The largest absolute Gasteiger partial charge is 0.235 e. The topological polar surface area (TPSA) is 29.4 Å². The second kappa shape index (κ2) is 4.17. The van der Waals surface area contributed by atoms with Gasteiger partial charge in [0.25, 0.3) is 0 Å². The minimum Gasteiger partial charge on any atom is -0.235 e. The molecule has 0 bridgehead atoms. The monoisotopic (exact) mass is 187 g/mol. The van der Waals surface area contributed by atoms with Crippen LogP contribution < -0.4 is 0 Å². The molecule has 0 aliphatic heterocycles. The van der Waals surface area contributed by atoms with Gasteiger partial charge >= 0.3 is 0 Å². The predicted molar refractivity (Wildman–Crippen MR) is 53.7 cm³/mol. The average Bonchev–Trinajstić information content (AvgIpc) is 2.09. The first-order chi connectivity index (χ1) is 5.65. The Morgan fingerprint density at radius 2 is 2.42 bits per heavy atom. The summed E-state index contributed by atoms with van der Waals surface area (Å²) >= 11 is 0. The van der Waals surface area contributed by atoms with Crippen molar-refractivity contribution in [3.05, 3.63) is 0 Å². The molecule has 1 aliphatic rings. The third kappa shape index (κ3) is 2.16. The average molecular weight is 187 g/mol. The molecule has 0 aromatic carbocycles. The molecule has 0 heterocycles. The lowest BCUT2D eigenvalue weighted by Crippen LogP contribution is -2.24. The molecular formula is C9H17NOS. The van der Waals surface area contributed by atoms with Gasteiger partial charge in [-0.1, -0.05) is 13.8 Å². The van der Waals surface area contributed by atoms with E-state index in [4.69, 9.17) is 0 Å². The van der Waals surface area contributed by atoms with Gasteiger partial charge in [0.1, 0.15) is 11.0 Å². The van der Waals surface area contributed by atoms with Gasteiger partial charge in [0.05, 0.1) is 5.25 Å². The highest BCUT2D eigenvalue weighted by Crippen LogP contribution is 2.24. The zero-order chi connectivity index (χ0) is 9.14. The minimum atomic E-state index is -0.976. The van der Waals surface area contributed by atoms with Crippen molar-refractivity contribution in [2.45, 2.75) is 45.3 Å². The fourth-order valence-corrected chi connectivity index (χ4v) is 2.01. The Hall–Kier alpha value is -0.180. The van der Waals surface area contributed by atoms with Gasteiger partial charge in [-0.2, -0.15) is 4.40 Å². The lowest BCUT2D eigenvalue weighted by molar-refractivity contribution is 0.605. The van der Waals surface area contributed by atoms with E-state index in [0.29, 0.717) is 5.92 Å². The molecule has 70 valence electrons. The van der Waals surface area contributed by atoms with E-state index in [1.165, 1.54) is 6.42 Å². The van der Waals surface area contributed by atoms with E-state index in [-0.39, 0.29) is 5.25 Å². The molecular weight excluding hydrogens is 170 g/mol. The van der Waals surface area contributed by atoms with Crippen LogP contribution in [-0.2, 0) is 11.0 Å². The van der Waals surface area contributed by atoms with E-state index in [1.54, 1.807) is 0 Å². The molecule has 0 aromatic rings. The molecule has 0 N–H and O–H groups in total. The second-order valence-electron chi connectivity index (χ2n) is 3.52. The Balaban J connectivity index is 2.49. The molecule has 3 atom stereocenters. The van der Waals surface area contributed by atoms with Crippen LogP contribution in [0.4, 0.5) is 0 Å². The summed E-state index contributed by atoms with van der Waals surface area (Å²) in [5.74, 6) is 0.581. The van der Waals surface area contributed by atoms with Crippen molar-refractivity contribution in [1.82, 2.24) is 0 Å². The Kier molecular flexibility index (Phi) is 3.44. The lowest BCUT2D eigenvalue weighted by atomic mass is 9.85. The van der Waals surface area contributed by atoms with Crippen molar-refractivity contribution in [2.75, 3.05) is 0 Å². The van der Waals surface area contributed by atoms with Crippen LogP contribution in [0.1, 0.15) is 40.0 Å². The molecule has 2 unspecified atom stereocenters. The highest BCUT2D eigenvalue weighted by atomic mass is 32.2. The first-order valence-corrected chi connectivity index (χ1v) is 5.80. The summed E-state index contributed by atoms with van der Waals surface area (Å²) in [6, 6.07) is 0. The van der Waals surface area contributed by atoms with Crippen LogP contribution in [0.2, 0.25) is 0 Å². The zero-order valence-electron chi connectivity index (χ0n) is 8.04. The van der Waals surface area contributed by atoms with Crippen LogP contribution in [0.25, 0.3) is 0 Å². The second-order valence-corrected chi connectivity index (χ2v) is 5.06. The molecule has 1 aliphatic carbocycles. The molecule has 3 heteroatoms. The SMILES string of the molecule is CC[C@H](C)S(=O)N=C1CCC1C. The fourth-order valence-electron chi connectivity index (χ4n) is 1.05. The zero-order valence-corrected chi connectivity index (χ0v) is 8.86. The van der Waals surface area contributed by atoms with Gasteiger partial charge in [0.2, 0.25) is 0 Å². The van der Waals surface area contributed by atoms with Gasteiger partial charge in [0.15, 0.2) is 0 Å². The molecule has 1 fully saturated rings. The first-order valence-electron chi connectivity index (χ1n) is 4.63. The van der Waals surface area contributed by atoms with Crippen molar-refractivity contribution in [2.24, 2.45) is 10.3 Å². The van der Waals surface area contributed by atoms with Crippen molar-refractivity contribution in [3.8, 4) is 0 Å². The number of hydrogen-bond donors (Lipinski definition) is 0. The van der Waals surface area contributed by atoms with E-state index in [0.717, 1.165) is 18.6 Å². The first kappa shape index (κ1) is 9.90. The van der Waals surface area contributed by atoms with Gasteiger partial charge in [-0.05, 0) is 32.1 Å². The molecule has 12 heavy (non-hydrogen) atoms. The van der Waals surface area contributed by atoms with E-state index in [1.807, 2.05) is 13.8 Å². The van der Waals surface area contributed by atoms with Crippen molar-refractivity contribution >= 4 is 16.7 Å². The summed E-state index contributed by atoms with van der Waals surface area (Å²) in [6.45, 7) is 6.19. The van der Waals surface area contributed by atoms with Crippen LogP contribution in [0.3, 0.4) is 0 Å². The number of hydrogen-bond acceptors (Lipinski definition) is 1. The summed E-state index contributed by atoms with van der Waals surface area (Å²) in [7, 11) is -0.976. The van der Waals surface area contributed by atoms with Crippen LogP contribution in [0, 0.1) is 5.92 Å². The molecule has 0 aromatic heterocycles. The maximum absolute atomic E-state index is 11.4. The maximum atomic E-state index is 11.4. The smallest absolute Gasteiger partial charge is 0.142 e. The predicted octanol–water partition coefficient (Wildman–Crippen LogP) is 2.32. The normalized spacial score (nSPS) is 31.2. The highest BCUT2D eigenvalue weighted by molar-refractivity contribution is 7.84. The number of nitrogens with zero attached hydrogens (tertiary/aromatic N) is 1. The highest BCUT2D eigenvalue weighted by Gasteiger charge is 2.22. The van der Waals surface area contributed by atoms with E-state index in [9.17, 15) is 4.21 Å². The Bertz CT molecular complexity index is 213. The third-order valence-corrected chi connectivity index (χ3v) is 3.96. The Morgan fingerprint density at radius 1 is 1.75 bits per heavy atom. The van der Waals surface area contributed by atoms with Gasteiger partial charge < -0.3 is 0 Å². The molecule has 1 rings (SSSR count). The molecule has 0 radical (unpaired) electrons. The summed E-state index contributed by atoms with van der Waals surface area (Å²) in [5, 5.41) is 0.213. The quantitative estimate of drug-likeness (QED) is 0.666. The summed E-state index contributed by atoms with van der Waals surface area (Å²) in [5.41, 5.74) is 1.16. The van der Waals surface area contributed by atoms with Crippen molar-refractivity contribution in [3.63, 3.8) is 0 Å². The third-order valence-electron chi connectivity index (χ3n) is 2.53. The molecule has 1 saturated carbocycles. The van der Waals surface area contributed by atoms with Crippen LogP contribution in [0.15, 0.2) is 4.40 Å². The van der Waals surface area contributed by atoms with Crippen LogP contribution in [0.5, 0.6) is 0 Å². The Labute approximate surface area is 77.1 Å². The van der Waals surface area contributed by atoms with Crippen LogP contribution >= 0.6 is 0 Å². The lowest BCUT2D eigenvalue weighted by Gasteiger charge is -2.24. The van der Waals surface area contributed by atoms with E-state index < -0.39 is 11.0 Å². The number of rotatable bonds is 3. The summed E-state index contributed by atoms with van der Waals surface area (Å²) in [4.78, 5) is 0. The molecule has 0 spiro atoms. The summed E-state index contributed by atoms with van der Waals surface area (Å²) in [6.07, 6.45) is 3.22. The van der Waals surface area contributed by atoms with Crippen molar-refractivity contribution in [1.29, 1.82) is 0 Å². The fraction of sp³-hybridized carbons (Fsp3) is 0.889. The maximum Gasteiger partial charge on any atom is 0.142 e. The summed E-state index contributed by atoms with van der Waals surface area (Å²) < 4.78 is 15.7. The molecule has 2 nitrogen and oxygen atoms in total. The van der Waals surface area contributed by atoms with Gasteiger partial charge in [-0.25, -0.2) is 4.21 Å². The van der Waals surface area contributed by atoms with E-state index in [2.05, 4.69) is 11.3 Å². The van der Waals surface area contributed by atoms with Crippen LogP contribution in [-0.4, -0.2) is 15.2 Å². The Morgan fingerprint density at radius 3 is 2.75 bits per heavy atom. The van der Waals surface area contributed by atoms with Gasteiger partial charge in [0, 0.05) is 5.71 Å². The standard InChI is InChI=1S/C9H17NOS/c1-4-8(3)12(11)10-9-6-5-7(9)2/h7-8H,4-6H2,1-3H3/t7?,8-,12?/m0/s1. The minimum absolute atomic E-state index is 0.213.